The molecule has 1 amide bonds. The van der Waals surface area contributed by atoms with E-state index in [1.54, 1.807) is 0 Å². The third-order valence-corrected chi connectivity index (χ3v) is 5.60. The van der Waals surface area contributed by atoms with Crippen molar-refractivity contribution in [3.8, 4) is 0 Å². The van der Waals surface area contributed by atoms with Gasteiger partial charge in [0.25, 0.3) is 0 Å². The van der Waals surface area contributed by atoms with Crippen LogP contribution in [0, 0.1) is 5.92 Å². The third kappa shape index (κ3) is 5.05. The van der Waals surface area contributed by atoms with Crippen LogP contribution < -0.4 is 10.0 Å². The second-order valence-electron chi connectivity index (χ2n) is 6.13. The molecule has 0 bridgehead atoms. The van der Waals surface area contributed by atoms with Crippen LogP contribution in [0.1, 0.15) is 58.3 Å². The highest BCUT2D eigenvalue weighted by Gasteiger charge is 2.32. The van der Waals surface area contributed by atoms with E-state index in [0.717, 1.165) is 38.5 Å². The first-order valence-corrected chi connectivity index (χ1v) is 9.46. The lowest BCUT2D eigenvalue weighted by Gasteiger charge is -2.28. The Bertz CT molecular complexity index is 432. The molecule has 2 rings (SSSR count). The summed E-state index contributed by atoms with van der Waals surface area (Å²) in [5, 5.41) is 3.03. The van der Waals surface area contributed by atoms with E-state index < -0.39 is 10.0 Å². The molecule has 2 fully saturated rings. The van der Waals surface area contributed by atoms with Gasteiger partial charge in [0.1, 0.15) is 0 Å². The Morgan fingerprint density at radius 2 is 1.90 bits per heavy atom. The molecule has 2 aliphatic carbocycles. The molecule has 5 nitrogen and oxygen atoms in total. The highest BCUT2D eigenvalue weighted by Crippen LogP contribution is 2.27. The highest BCUT2D eigenvalue weighted by molar-refractivity contribution is 7.89. The Balaban J connectivity index is 1.81. The van der Waals surface area contributed by atoms with Crippen LogP contribution in [0.2, 0.25) is 0 Å². The average molecular weight is 302 g/mol. The first-order valence-electron chi connectivity index (χ1n) is 7.80. The first kappa shape index (κ1) is 15.8. The maximum Gasteiger partial charge on any atom is 0.223 e. The van der Waals surface area contributed by atoms with E-state index in [1.165, 1.54) is 0 Å². The van der Waals surface area contributed by atoms with Crippen LogP contribution in [-0.2, 0) is 14.8 Å². The molecule has 0 heterocycles. The zero-order valence-electron chi connectivity index (χ0n) is 12.2. The summed E-state index contributed by atoms with van der Waals surface area (Å²) in [6, 6.07) is 0.310. The van der Waals surface area contributed by atoms with Crippen molar-refractivity contribution in [3.63, 3.8) is 0 Å². The van der Waals surface area contributed by atoms with E-state index in [1.807, 2.05) is 6.92 Å². The lowest BCUT2D eigenvalue weighted by Crippen LogP contribution is -2.43. The minimum absolute atomic E-state index is 0.0248. The number of amides is 1. The van der Waals surface area contributed by atoms with Gasteiger partial charge in [-0.2, -0.15) is 0 Å². The van der Waals surface area contributed by atoms with Crippen molar-refractivity contribution >= 4 is 15.9 Å². The average Bonchev–Trinajstić information content (AvgIpc) is 3.20. The van der Waals surface area contributed by atoms with E-state index in [2.05, 4.69) is 10.0 Å². The summed E-state index contributed by atoms with van der Waals surface area (Å²) in [4.78, 5) is 12.0. The van der Waals surface area contributed by atoms with Crippen molar-refractivity contribution in [1.29, 1.82) is 0 Å². The van der Waals surface area contributed by atoms with Crippen molar-refractivity contribution < 1.29 is 13.2 Å². The van der Waals surface area contributed by atoms with Crippen LogP contribution in [0.4, 0.5) is 0 Å². The Morgan fingerprint density at radius 3 is 2.55 bits per heavy atom. The van der Waals surface area contributed by atoms with Crippen molar-refractivity contribution in [2.45, 2.75) is 70.4 Å². The molecule has 0 saturated heterocycles. The van der Waals surface area contributed by atoms with Crippen LogP contribution in [0.5, 0.6) is 0 Å². The van der Waals surface area contributed by atoms with Gasteiger partial charge in [0.15, 0.2) is 0 Å². The van der Waals surface area contributed by atoms with Crippen molar-refractivity contribution in [2.24, 2.45) is 5.92 Å². The second-order valence-corrected chi connectivity index (χ2v) is 8.01. The minimum Gasteiger partial charge on any atom is -0.353 e. The molecule has 0 spiro atoms. The van der Waals surface area contributed by atoms with E-state index in [-0.39, 0.29) is 23.6 Å². The quantitative estimate of drug-likeness (QED) is 0.749. The van der Waals surface area contributed by atoms with E-state index in [4.69, 9.17) is 0 Å². The summed E-state index contributed by atoms with van der Waals surface area (Å²) in [6.45, 7) is 1.98. The number of rotatable bonds is 7. The molecule has 0 aliphatic heterocycles. The van der Waals surface area contributed by atoms with Gasteiger partial charge in [-0.1, -0.05) is 19.8 Å². The van der Waals surface area contributed by atoms with Crippen molar-refractivity contribution in [1.82, 2.24) is 10.0 Å². The Morgan fingerprint density at radius 1 is 1.15 bits per heavy atom. The normalized spacial score (nSPS) is 27.2. The molecule has 0 aromatic carbocycles. The maximum atomic E-state index is 12.0. The zero-order valence-corrected chi connectivity index (χ0v) is 13.0. The SMILES string of the molecule is CCCCS(=O)(=O)N[C@@H]1CCC[C@H](C(=O)NC2CC2)C1. The zero-order chi connectivity index (χ0) is 14.6. The molecular weight excluding hydrogens is 276 g/mol. The molecule has 20 heavy (non-hydrogen) atoms. The number of unbranched alkanes of at least 4 members (excludes halogenated alkanes) is 1. The number of carbonyl (C=O) groups is 1. The molecule has 0 aromatic rings. The molecule has 0 unspecified atom stereocenters. The molecule has 6 heteroatoms. The van der Waals surface area contributed by atoms with Gasteiger partial charge in [-0.05, 0) is 38.5 Å². The van der Waals surface area contributed by atoms with Gasteiger partial charge in [0, 0.05) is 18.0 Å². The topological polar surface area (TPSA) is 75.3 Å². The molecule has 2 atom stereocenters. The van der Waals surface area contributed by atoms with E-state index in [9.17, 15) is 13.2 Å². The van der Waals surface area contributed by atoms with Gasteiger partial charge in [-0.3, -0.25) is 4.79 Å². The number of sulfonamides is 1. The smallest absolute Gasteiger partial charge is 0.223 e. The van der Waals surface area contributed by atoms with Gasteiger partial charge in [-0.15, -0.1) is 0 Å². The monoisotopic (exact) mass is 302 g/mol. The Kier molecular flexibility index (Phi) is 5.43. The lowest BCUT2D eigenvalue weighted by atomic mass is 9.85. The highest BCUT2D eigenvalue weighted by atomic mass is 32.2. The lowest BCUT2D eigenvalue weighted by molar-refractivity contribution is -0.126. The Labute approximate surface area is 121 Å². The van der Waals surface area contributed by atoms with Crippen LogP contribution in [-0.4, -0.2) is 32.2 Å². The van der Waals surface area contributed by atoms with Gasteiger partial charge in [0.2, 0.25) is 15.9 Å². The van der Waals surface area contributed by atoms with Crippen LogP contribution in [0.25, 0.3) is 0 Å². The largest absolute Gasteiger partial charge is 0.353 e. The molecule has 116 valence electrons. The predicted octanol–water partition coefficient (Wildman–Crippen LogP) is 1.54. The van der Waals surface area contributed by atoms with Crippen molar-refractivity contribution in [3.05, 3.63) is 0 Å². The number of hydrogen-bond donors (Lipinski definition) is 2. The minimum atomic E-state index is -3.18. The number of carbonyl (C=O) groups excluding carboxylic acids is 1. The van der Waals surface area contributed by atoms with Crippen LogP contribution >= 0.6 is 0 Å². The summed E-state index contributed by atoms with van der Waals surface area (Å²) in [6.07, 6.45) is 7.03. The van der Waals surface area contributed by atoms with Gasteiger partial charge >= 0.3 is 0 Å². The fourth-order valence-corrected chi connectivity index (χ4v) is 4.24. The summed E-state index contributed by atoms with van der Waals surface area (Å²) in [7, 11) is -3.18. The van der Waals surface area contributed by atoms with E-state index >= 15 is 0 Å². The summed E-state index contributed by atoms with van der Waals surface area (Å²) in [5.74, 6) is 0.284. The van der Waals surface area contributed by atoms with Gasteiger partial charge < -0.3 is 5.32 Å². The Hall–Kier alpha value is -0.620. The molecule has 2 N–H and O–H groups in total. The fraction of sp³-hybridized carbons (Fsp3) is 0.929. The molecule has 2 aliphatic rings. The summed E-state index contributed by atoms with van der Waals surface area (Å²) >= 11 is 0. The third-order valence-electron chi connectivity index (χ3n) is 4.08. The predicted molar refractivity (Wildman–Crippen MR) is 78.7 cm³/mol. The molecule has 0 aromatic heterocycles. The second kappa shape index (κ2) is 6.89. The standard InChI is InChI=1S/C14H26N2O3S/c1-2-3-9-20(18,19)16-13-6-4-5-11(10-13)14(17)15-12-7-8-12/h11-13,16H,2-10H2,1H3,(H,15,17)/t11-,13+/m0/s1. The van der Waals surface area contributed by atoms with Gasteiger partial charge in [0.05, 0.1) is 5.75 Å². The molecule has 2 saturated carbocycles. The van der Waals surface area contributed by atoms with Gasteiger partial charge in [-0.25, -0.2) is 13.1 Å². The molecule has 0 radical (unpaired) electrons. The summed E-state index contributed by atoms with van der Waals surface area (Å²) < 4.78 is 26.6. The van der Waals surface area contributed by atoms with Crippen molar-refractivity contribution in [2.75, 3.05) is 5.75 Å². The molecular formula is C14H26N2O3S. The summed E-state index contributed by atoms with van der Waals surface area (Å²) in [5.41, 5.74) is 0. The van der Waals surface area contributed by atoms with Crippen LogP contribution in [0.3, 0.4) is 0 Å². The van der Waals surface area contributed by atoms with Crippen LogP contribution in [0.15, 0.2) is 0 Å². The van der Waals surface area contributed by atoms with E-state index in [0.29, 0.717) is 18.9 Å². The fourth-order valence-electron chi connectivity index (χ4n) is 2.73. The number of nitrogens with one attached hydrogen (secondary N) is 2. The number of hydrogen-bond acceptors (Lipinski definition) is 3. The maximum absolute atomic E-state index is 12.0. The first-order chi connectivity index (χ1) is 9.50.